The predicted molar refractivity (Wildman–Crippen MR) is 130 cm³/mol. The van der Waals surface area contributed by atoms with Gasteiger partial charge in [0.05, 0.1) is 0 Å². The van der Waals surface area contributed by atoms with Gasteiger partial charge in [-0.1, -0.05) is 43.6 Å². The number of nitrogens with one attached hydrogen (secondary N) is 3. The van der Waals surface area contributed by atoms with Crippen molar-refractivity contribution in [2.45, 2.75) is 38.8 Å². The molecule has 0 spiro atoms. The van der Waals surface area contributed by atoms with Crippen molar-refractivity contribution in [3.8, 4) is 0 Å². The Labute approximate surface area is 201 Å². The second-order valence-electron chi connectivity index (χ2n) is 8.47. The number of amides is 2. The van der Waals surface area contributed by atoms with E-state index in [2.05, 4.69) is 15.6 Å². The van der Waals surface area contributed by atoms with E-state index in [0.29, 0.717) is 16.1 Å². The molecule has 2 aromatic carbocycles. The molecular weight excluding hydrogens is 458 g/mol. The molecule has 1 heterocycles. The summed E-state index contributed by atoms with van der Waals surface area (Å²) in [6.45, 7) is 3.70. The van der Waals surface area contributed by atoms with E-state index in [1.807, 2.05) is 13.8 Å². The number of hydrogen-bond donors (Lipinski definition) is 4. The van der Waals surface area contributed by atoms with Gasteiger partial charge in [0.15, 0.2) is 0 Å². The first-order valence-corrected chi connectivity index (χ1v) is 11.2. The Morgan fingerprint density at radius 1 is 1.00 bits per heavy atom. The van der Waals surface area contributed by atoms with Crippen molar-refractivity contribution >= 4 is 40.3 Å². The molecule has 0 saturated carbocycles. The first kappa shape index (κ1) is 25.0. The molecule has 8 nitrogen and oxygen atoms in total. The molecule has 3 aromatic rings. The predicted octanol–water partition coefficient (Wildman–Crippen LogP) is 3.14. The van der Waals surface area contributed by atoms with Gasteiger partial charge in [-0.15, -0.1) is 0 Å². The summed E-state index contributed by atoms with van der Waals surface area (Å²) in [6, 6.07) is 12.4. The number of hydrogen-bond acceptors (Lipinski definition) is 4. The monoisotopic (exact) mass is 483 g/mol. The lowest BCUT2D eigenvalue weighted by Gasteiger charge is -2.23. The number of aliphatic carboxylic acids is 1. The molecule has 1 unspecified atom stereocenters. The minimum atomic E-state index is -1.16. The van der Waals surface area contributed by atoms with Crippen molar-refractivity contribution < 1.29 is 19.5 Å². The van der Waals surface area contributed by atoms with E-state index in [9.17, 15) is 24.3 Å². The lowest BCUT2D eigenvalue weighted by Crippen LogP contribution is -2.52. The zero-order valence-electron chi connectivity index (χ0n) is 18.8. The van der Waals surface area contributed by atoms with Crippen LogP contribution >= 0.6 is 11.6 Å². The first-order chi connectivity index (χ1) is 16.1. The summed E-state index contributed by atoms with van der Waals surface area (Å²) in [4.78, 5) is 52.7. The Hall–Kier alpha value is -3.65. The van der Waals surface area contributed by atoms with E-state index in [-0.39, 0.29) is 29.9 Å². The van der Waals surface area contributed by atoms with Crippen molar-refractivity contribution in [1.29, 1.82) is 0 Å². The van der Waals surface area contributed by atoms with Crippen molar-refractivity contribution in [2.24, 2.45) is 5.92 Å². The summed E-state index contributed by atoms with van der Waals surface area (Å²) in [5, 5.41) is 15.9. The molecule has 0 aliphatic carbocycles. The number of carboxylic acid groups (broad SMARTS) is 1. The van der Waals surface area contributed by atoms with E-state index >= 15 is 0 Å². The number of fused-ring (bicyclic) bond motifs is 1. The standard InChI is InChI=1S/C25H26ClN3O5/c1-14(2)11-21(25(33)34)29-24(32)20(28-23(31)15-7-9-17(26)10-8-15)12-16-13-22(30)27-19-6-4-3-5-18(16)19/h3-10,13-14,20-21H,11-12H2,1-2H3,(H,27,30)(H,28,31)(H,29,32)(H,33,34)/t20?,21-/m0/s1. The van der Waals surface area contributed by atoms with E-state index in [0.717, 1.165) is 5.39 Å². The Morgan fingerprint density at radius 3 is 2.32 bits per heavy atom. The zero-order valence-corrected chi connectivity index (χ0v) is 19.6. The first-order valence-electron chi connectivity index (χ1n) is 10.8. The lowest BCUT2D eigenvalue weighted by molar-refractivity contribution is -0.142. The molecule has 0 radical (unpaired) electrons. The molecule has 0 aliphatic rings. The average molecular weight is 484 g/mol. The van der Waals surface area contributed by atoms with Crippen LogP contribution in [0.4, 0.5) is 0 Å². The molecule has 9 heteroatoms. The van der Waals surface area contributed by atoms with Gasteiger partial charge in [-0.05, 0) is 48.2 Å². The highest BCUT2D eigenvalue weighted by Crippen LogP contribution is 2.17. The van der Waals surface area contributed by atoms with E-state index in [1.54, 1.807) is 36.4 Å². The molecule has 4 N–H and O–H groups in total. The molecule has 0 saturated heterocycles. The Bertz CT molecular complexity index is 1250. The molecule has 2 amide bonds. The van der Waals surface area contributed by atoms with Crippen LogP contribution in [0.1, 0.15) is 36.2 Å². The maximum Gasteiger partial charge on any atom is 0.326 e. The number of rotatable bonds is 9. The third-order valence-electron chi connectivity index (χ3n) is 5.31. The number of aromatic amines is 1. The third kappa shape index (κ3) is 6.45. The van der Waals surface area contributed by atoms with Gasteiger partial charge in [-0.2, -0.15) is 0 Å². The van der Waals surface area contributed by atoms with Gasteiger partial charge in [0.1, 0.15) is 12.1 Å². The van der Waals surface area contributed by atoms with Crippen LogP contribution in [-0.2, 0) is 16.0 Å². The maximum atomic E-state index is 13.2. The number of para-hydroxylation sites is 1. The fraction of sp³-hybridized carbons (Fsp3) is 0.280. The molecule has 178 valence electrons. The fourth-order valence-corrected chi connectivity index (χ4v) is 3.81. The minimum absolute atomic E-state index is 0.0103. The van der Waals surface area contributed by atoms with Crippen LogP contribution in [-0.4, -0.2) is 40.0 Å². The molecular formula is C25H26ClN3O5. The number of pyridine rings is 1. The van der Waals surface area contributed by atoms with E-state index in [4.69, 9.17) is 11.6 Å². The Kier molecular flexibility index (Phi) is 8.07. The molecule has 34 heavy (non-hydrogen) atoms. The second kappa shape index (κ2) is 11.0. The summed E-state index contributed by atoms with van der Waals surface area (Å²) >= 11 is 5.89. The summed E-state index contributed by atoms with van der Waals surface area (Å²) in [5.74, 6) is -2.31. The van der Waals surface area contributed by atoms with Gasteiger partial charge in [0.25, 0.3) is 5.91 Å². The van der Waals surface area contributed by atoms with Crippen LogP contribution in [0.25, 0.3) is 10.9 Å². The topological polar surface area (TPSA) is 128 Å². The largest absolute Gasteiger partial charge is 0.480 e. The number of carboxylic acids is 1. The number of benzene rings is 2. The normalized spacial score (nSPS) is 12.8. The second-order valence-corrected chi connectivity index (χ2v) is 8.91. The van der Waals surface area contributed by atoms with Crippen LogP contribution in [0.3, 0.4) is 0 Å². The number of carbonyl (C=O) groups excluding carboxylic acids is 2. The van der Waals surface area contributed by atoms with Crippen LogP contribution < -0.4 is 16.2 Å². The van der Waals surface area contributed by atoms with Crippen LogP contribution in [0.5, 0.6) is 0 Å². The summed E-state index contributed by atoms with van der Waals surface area (Å²) in [6.07, 6.45) is 0.219. The highest BCUT2D eigenvalue weighted by atomic mass is 35.5. The van der Waals surface area contributed by atoms with Crippen molar-refractivity contribution in [3.05, 3.63) is 81.1 Å². The lowest BCUT2D eigenvalue weighted by atomic mass is 9.99. The molecule has 0 fully saturated rings. The fourth-order valence-electron chi connectivity index (χ4n) is 3.68. The third-order valence-corrected chi connectivity index (χ3v) is 5.56. The minimum Gasteiger partial charge on any atom is -0.480 e. The van der Waals surface area contributed by atoms with Gasteiger partial charge in [0.2, 0.25) is 11.5 Å². The maximum absolute atomic E-state index is 13.2. The SMILES string of the molecule is CC(C)C[C@H](NC(=O)C(Cc1cc(=O)[nH]c2ccccc12)NC(=O)c1ccc(Cl)cc1)C(=O)O. The number of carbonyl (C=O) groups is 3. The highest BCUT2D eigenvalue weighted by Gasteiger charge is 2.28. The van der Waals surface area contributed by atoms with Gasteiger partial charge in [0, 0.05) is 34.0 Å². The van der Waals surface area contributed by atoms with Gasteiger partial charge >= 0.3 is 5.97 Å². The quantitative estimate of drug-likeness (QED) is 0.371. The van der Waals surface area contributed by atoms with Crippen molar-refractivity contribution in [2.75, 3.05) is 0 Å². The van der Waals surface area contributed by atoms with Crippen molar-refractivity contribution in [1.82, 2.24) is 15.6 Å². The number of aromatic nitrogens is 1. The molecule has 1 aromatic heterocycles. The van der Waals surface area contributed by atoms with E-state index in [1.165, 1.54) is 18.2 Å². The Balaban J connectivity index is 1.93. The van der Waals surface area contributed by atoms with Crippen LogP contribution in [0.2, 0.25) is 5.02 Å². The number of halogens is 1. The van der Waals surface area contributed by atoms with E-state index < -0.39 is 29.9 Å². The van der Waals surface area contributed by atoms with Gasteiger partial charge < -0.3 is 20.7 Å². The highest BCUT2D eigenvalue weighted by molar-refractivity contribution is 6.30. The zero-order chi connectivity index (χ0) is 24.8. The number of H-pyrrole nitrogens is 1. The summed E-state index contributed by atoms with van der Waals surface area (Å²) in [5.41, 5.74) is 1.08. The summed E-state index contributed by atoms with van der Waals surface area (Å²) < 4.78 is 0. The van der Waals surface area contributed by atoms with Crippen LogP contribution in [0, 0.1) is 5.92 Å². The average Bonchev–Trinajstić information content (AvgIpc) is 2.78. The molecule has 3 rings (SSSR count). The molecule has 0 aliphatic heterocycles. The van der Waals surface area contributed by atoms with Crippen molar-refractivity contribution in [3.63, 3.8) is 0 Å². The summed E-state index contributed by atoms with van der Waals surface area (Å²) in [7, 11) is 0. The Morgan fingerprint density at radius 2 is 1.68 bits per heavy atom. The smallest absolute Gasteiger partial charge is 0.326 e. The molecule has 0 bridgehead atoms. The van der Waals surface area contributed by atoms with Gasteiger partial charge in [-0.3, -0.25) is 14.4 Å². The van der Waals surface area contributed by atoms with Crippen LogP contribution in [0.15, 0.2) is 59.4 Å². The molecule has 2 atom stereocenters. The van der Waals surface area contributed by atoms with Gasteiger partial charge in [-0.25, -0.2) is 4.79 Å².